The molecule has 0 radical (unpaired) electrons. The number of unbranched alkanes of at least 4 members (excludes halogenated alkanes) is 4. The van der Waals surface area contributed by atoms with E-state index in [1.807, 2.05) is 0 Å². The maximum atomic E-state index is 11.0. The van der Waals surface area contributed by atoms with Crippen LogP contribution >= 0.6 is 0 Å². The fourth-order valence-corrected chi connectivity index (χ4v) is 1.89. The molecule has 0 aliphatic carbocycles. The van der Waals surface area contributed by atoms with Crippen LogP contribution in [0.2, 0.25) is 0 Å². The third-order valence-electron chi connectivity index (χ3n) is 3.39. The summed E-state index contributed by atoms with van der Waals surface area (Å²) in [5, 5.41) is 18.5. The van der Waals surface area contributed by atoms with Crippen molar-refractivity contribution in [3.05, 3.63) is 25.3 Å². The van der Waals surface area contributed by atoms with E-state index in [-0.39, 0.29) is 13.2 Å². The standard InChI is InChI=1S/2C10H18O3/c2*1-3-5-6-7-9(11)10(12)13-8-4-2/h2*4,9,11H,2-3,5-8H2,1H3. The predicted molar refractivity (Wildman–Crippen MR) is 103 cm³/mol. The molecule has 0 saturated heterocycles. The second-order valence-electron chi connectivity index (χ2n) is 5.86. The van der Waals surface area contributed by atoms with Crippen LogP contribution in [0.25, 0.3) is 0 Å². The molecule has 2 unspecified atom stereocenters. The normalized spacial score (nSPS) is 12.2. The molecule has 0 rings (SSSR count). The average molecular weight is 373 g/mol. The number of aliphatic hydroxyl groups is 2. The third-order valence-corrected chi connectivity index (χ3v) is 3.39. The number of carbonyl (C=O) groups is 2. The van der Waals surface area contributed by atoms with Crippen molar-refractivity contribution in [1.82, 2.24) is 0 Å². The summed E-state index contributed by atoms with van der Waals surface area (Å²) in [7, 11) is 0. The molecule has 0 aromatic rings. The quantitative estimate of drug-likeness (QED) is 0.276. The van der Waals surface area contributed by atoms with Gasteiger partial charge in [-0.2, -0.15) is 0 Å². The van der Waals surface area contributed by atoms with Crippen molar-refractivity contribution in [2.24, 2.45) is 0 Å². The summed E-state index contributed by atoms with van der Waals surface area (Å²) in [5.74, 6) is -1.09. The minimum Gasteiger partial charge on any atom is -0.460 e. The van der Waals surface area contributed by atoms with Gasteiger partial charge in [0.1, 0.15) is 13.2 Å². The van der Waals surface area contributed by atoms with E-state index in [0.29, 0.717) is 12.8 Å². The number of aliphatic hydroxyl groups excluding tert-OH is 2. The van der Waals surface area contributed by atoms with E-state index in [2.05, 4.69) is 36.5 Å². The van der Waals surface area contributed by atoms with Crippen molar-refractivity contribution < 1.29 is 29.3 Å². The second-order valence-corrected chi connectivity index (χ2v) is 5.86. The summed E-state index contributed by atoms with van der Waals surface area (Å²) in [6.45, 7) is 11.3. The summed E-state index contributed by atoms with van der Waals surface area (Å²) >= 11 is 0. The van der Waals surface area contributed by atoms with Crippen LogP contribution in [0.3, 0.4) is 0 Å². The van der Waals surface area contributed by atoms with Crippen LogP contribution in [-0.2, 0) is 19.1 Å². The van der Waals surface area contributed by atoms with Gasteiger partial charge in [-0.1, -0.05) is 77.7 Å². The van der Waals surface area contributed by atoms with Crippen LogP contribution in [0.4, 0.5) is 0 Å². The zero-order chi connectivity index (χ0) is 20.2. The summed E-state index contributed by atoms with van der Waals surface area (Å²) < 4.78 is 9.35. The van der Waals surface area contributed by atoms with E-state index < -0.39 is 24.1 Å². The molecule has 6 heteroatoms. The number of ether oxygens (including phenoxy) is 2. The summed E-state index contributed by atoms with van der Waals surface area (Å²) in [5.41, 5.74) is 0. The first kappa shape index (κ1) is 26.6. The number of esters is 2. The molecule has 152 valence electrons. The van der Waals surface area contributed by atoms with Crippen LogP contribution in [0.15, 0.2) is 25.3 Å². The topological polar surface area (TPSA) is 93.1 Å². The van der Waals surface area contributed by atoms with Gasteiger partial charge in [-0.25, -0.2) is 9.59 Å². The van der Waals surface area contributed by atoms with Gasteiger partial charge in [0.15, 0.2) is 12.2 Å². The third kappa shape index (κ3) is 17.2. The van der Waals surface area contributed by atoms with Crippen molar-refractivity contribution >= 4 is 11.9 Å². The smallest absolute Gasteiger partial charge is 0.335 e. The van der Waals surface area contributed by atoms with Gasteiger partial charge in [0.05, 0.1) is 0 Å². The Morgan fingerprint density at radius 3 is 1.42 bits per heavy atom. The number of rotatable bonds is 14. The monoisotopic (exact) mass is 372 g/mol. The molecule has 0 saturated carbocycles. The number of carbonyl (C=O) groups excluding carboxylic acids is 2. The Labute approximate surface area is 157 Å². The van der Waals surface area contributed by atoms with Crippen molar-refractivity contribution in [2.45, 2.75) is 77.4 Å². The Kier molecular flexibility index (Phi) is 20.1. The van der Waals surface area contributed by atoms with Crippen LogP contribution in [0, 0.1) is 0 Å². The Hall–Kier alpha value is -1.66. The molecule has 26 heavy (non-hydrogen) atoms. The van der Waals surface area contributed by atoms with Gasteiger partial charge in [-0.05, 0) is 12.8 Å². The highest BCUT2D eigenvalue weighted by atomic mass is 16.5. The lowest BCUT2D eigenvalue weighted by atomic mass is 10.1. The Balaban J connectivity index is 0. The summed E-state index contributed by atoms with van der Waals surface area (Å²) in [4.78, 5) is 22.0. The predicted octanol–water partition coefficient (Wildman–Crippen LogP) is 3.31. The Morgan fingerprint density at radius 1 is 0.808 bits per heavy atom. The van der Waals surface area contributed by atoms with Crippen molar-refractivity contribution in [3.8, 4) is 0 Å². The molecule has 0 heterocycles. The fraction of sp³-hybridized carbons (Fsp3) is 0.700. The first-order valence-electron chi connectivity index (χ1n) is 9.35. The molecule has 6 nitrogen and oxygen atoms in total. The first-order valence-corrected chi connectivity index (χ1v) is 9.35. The van der Waals surface area contributed by atoms with E-state index in [0.717, 1.165) is 38.5 Å². The molecule has 0 spiro atoms. The van der Waals surface area contributed by atoms with Crippen molar-refractivity contribution in [2.75, 3.05) is 13.2 Å². The zero-order valence-corrected chi connectivity index (χ0v) is 16.3. The SMILES string of the molecule is C=CCOC(=O)C(O)CCCCC.C=CCOC(=O)C(O)CCCCC. The van der Waals surface area contributed by atoms with Crippen molar-refractivity contribution in [1.29, 1.82) is 0 Å². The second kappa shape index (κ2) is 19.7. The van der Waals surface area contributed by atoms with Gasteiger partial charge in [-0.15, -0.1) is 0 Å². The molecule has 0 aliphatic rings. The zero-order valence-electron chi connectivity index (χ0n) is 16.3. The van der Waals surface area contributed by atoms with E-state index >= 15 is 0 Å². The highest BCUT2D eigenvalue weighted by Crippen LogP contribution is 2.05. The minimum atomic E-state index is -0.966. The summed E-state index contributed by atoms with van der Waals surface area (Å²) in [6, 6.07) is 0. The molecular formula is C20H36O6. The van der Waals surface area contributed by atoms with Gasteiger partial charge in [0.2, 0.25) is 0 Å². The van der Waals surface area contributed by atoms with E-state index in [4.69, 9.17) is 0 Å². The number of hydrogen-bond donors (Lipinski definition) is 2. The highest BCUT2D eigenvalue weighted by molar-refractivity contribution is 5.74. The molecule has 0 aromatic heterocycles. The molecule has 2 N–H and O–H groups in total. The Morgan fingerprint density at radius 2 is 1.15 bits per heavy atom. The van der Waals surface area contributed by atoms with E-state index in [9.17, 15) is 19.8 Å². The van der Waals surface area contributed by atoms with Crippen LogP contribution in [-0.4, -0.2) is 47.6 Å². The van der Waals surface area contributed by atoms with Gasteiger partial charge < -0.3 is 19.7 Å². The highest BCUT2D eigenvalue weighted by Gasteiger charge is 2.15. The molecule has 0 bridgehead atoms. The van der Waals surface area contributed by atoms with Crippen LogP contribution in [0.5, 0.6) is 0 Å². The van der Waals surface area contributed by atoms with Gasteiger partial charge in [-0.3, -0.25) is 0 Å². The molecular weight excluding hydrogens is 336 g/mol. The molecule has 0 fully saturated rings. The largest absolute Gasteiger partial charge is 0.460 e. The molecule has 2 atom stereocenters. The first-order chi connectivity index (χ1) is 12.4. The van der Waals surface area contributed by atoms with Crippen LogP contribution < -0.4 is 0 Å². The lowest BCUT2D eigenvalue weighted by molar-refractivity contribution is -0.153. The van der Waals surface area contributed by atoms with Gasteiger partial charge in [0.25, 0.3) is 0 Å². The maximum Gasteiger partial charge on any atom is 0.335 e. The average Bonchev–Trinajstić information content (AvgIpc) is 2.64. The Bertz CT molecular complexity index is 344. The lowest BCUT2D eigenvalue weighted by Gasteiger charge is -2.08. The summed E-state index contributed by atoms with van der Waals surface area (Å²) in [6.07, 6.45) is 7.96. The van der Waals surface area contributed by atoms with Gasteiger partial charge >= 0.3 is 11.9 Å². The number of hydrogen-bond acceptors (Lipinski definition) is 6. The molecule has 0 aromatic carbocycles. The van der Waals surface area contributed by atoms with E-state index in [1.54, 1.807) is 0 Å². The fourth-order valence-electron chi connectivity index (χ4n) is 1.89. The molecule has 0 aliphatic heterocycles. The lowest BCUT2D eigenvalue weighted by Crippen LogP contribution is -2.22. The maximum absolute atomic E-state index is 11.0. The van der Waals surface area contributed by atoms with E-state index in [1.165, 1.54) is 12.2 Å². The van der Waals surface area contributed by atoms with Gasteiger partial charge in [0, 0.05) is 0 Å². The van der Waals surface area contributed by atoms with Crippen LogP contribution in [0.1, 0.15) is 65.2 Å². The molecule has 0 amide bonds. The van der Waals surface area contributed by atoms with Crippen molar-refractivity contribution in [3.63, 3.8) is 0 Å². The minimum absolute atomic E-state index is 0.170.